The number of nitrogens with one attached hydrogen (secondary N) is 2. The molecular weight excluding hydrogens is 240 g/mol. The molecule has 1 atom stereocenters. The van der Waals surface area contributed by atoms with E-state index in [1.165, 1.54) is 12.8 Å². The van der Waals surface area contributed by atoms with Crippen LogP contribution in [0.4, 0.5) is 5.69 Å². The first-order valence-electron chi connectivity index (χ1n) is 6.87. The lowest BCUT2D eigenvalue weighted by Crippen LogP contribution is -2.23. The SMILES string of the molecule is COc1ccc(C)cc1NC(=O)CCC1CCCN1. The number of hydrogen-bond donors (Lipinski definition) is 2. The summed E-state index contributed by atoms with van der Waals surface area (Å²) < 4.78 is 5.25. The highest BCUT2D eigenvalue weighted by Gasteiger charge is 2.15. The number of aryl methyl sites for hydroxylation is 1. The Morgan fingerprint density at radius 2 is 2.37 bits per heavy atom. The van der Waals surface area contributed by atoms with Gasteiger partial charge in [0.15, 0.2) is 0 Å². The molecule has 0 aromatic heterocycles. The highest BCUT2D eigenvalue weighted by atomic mass is 16.5. The van der Waals surface area contributed by atoms with Crippen molar-refractivity contribution >= 4 is 11.6 Å². The zero-order valence-electron chi connectivity index (χ0n) is 11.7. The molecule has 0 saturated carbocycles. The van der Waals surface area contributed by atoms with E-state index in [2.05, 4.69) is 10.6 Å². The van der Waals surface area contributed by atoms with Gasteiger partial charge in [0.2, 0.25) is 5.91 Å². The van der Waals surface area contributed by atoms with E-state index >= 15 is 0 Å². The average Bonchev–Trinajstić information content (AvgIpc) is 2.90. The van der Waals surface area contributed by atoms with Crippen molar-refractivity contribution in [3.63, 3.8) is 0 Å². The van der Waals surface area contributed by atoms with Crippen LogP contribution in [0.25, 0.3) is 0 Å². The zero-order chi connectivity index (χ0) is 13.7. The fraction of sp³-hybridized carbons (Fsp3) is 0.533. The normalized spacial score (nSPS) is 18.3. The molecule has 1 heterocycles. The Morgan fingerprint density at radius 1 is 1.53 bits per heavy atom. The summed E-state index contributed by atoms with van der Waals surface area (Å²) in [5.41, 5.74) is 1.86. The minimum atomic E-state index is 0.0533. The summed E-state index contributed by atoms with van der Waals surface area (Å²) in [6, 6.07) is 6.29. The lowest BCUT2D eigenvalue weighted by atomic mass is 10.1. The third-order valence-electron chi connectivity index (χ3n) is 3.51. The van der Waals surface area contributed by atoms with E-state index in [1.807, 2.05) is 25.1 Å². The van der Waals surface area contributed by atoms with E-state index in [-0.39, 0.29) is 5.91 Å². The molecule has 1 aromatic carbocycles. The molecule has 1 unspecified atom stereocenters. The summed E-state index contributed by atoms with van der Waals surface area (Å²) in [6.07, 6.45) is 3.85. The topological polar surface area (TPSA) is 50.4 Å². The maximum absolute atomic E-state index is 12.0. The van der Waals surface area contributed by atoms with Crippen molar-refractivity contribution in [3.05, 3.63) is 23.8 Å². The molecule has 4 heteroatoms. The Balaban J connectivity index is 1.88. The van der Waals surface area contributed by atoms with Crippen molar-refractivity contribution in [2.45, 2.75) is 38.6 Å². The molecule has 4 nitrogen and oxygen atoms in total. The van der Waals surface area contributed by atoms with Crippen LogP contribution in [0, 0.1) is 6.92 Å². The van der Waals surface area contributed by atoms with E-state index in [1.54, 1.807) is 7.11 Å². The van der Waals surface area contributed by atoms with E-state index in [0.717, 1.165) is 24.2 Å². The molecule has 1 aliphatic heterocycles. The van der Waals surface area contributed by atoms with Crippen LogP contribution < -0.4 is 15.4 Å². The van der Waals surface area contributed by atoms with Crippen LogP contribution in [0.3, 0.4) is 0 Å². The number of ether oxygens (including phenoxy) is 1. The predicted octanol–water partition coefficient (Wildman–Crippen LogP) is 2.47. The summed E-state index contributed by atoms with van der Waals surface area (Å²) in [7, 11) is 1.61. The summed E-state index contributed by atoms with van der Waals surface area (Å²) in [6.45, 7) is 3.08. The highest BCUT2D eigenvalue weighted by molar-refractivity contribution is 5.92. The third kappa shape index (κ3) is 3.96. The number of amides is 1. The Morgan fingerprint density at radius 3 is 3.05 bits per heavy atom. The third-order valence-corrected chi connectivity index (χ3v) is 3.51. The number of methoxy groups -OCH3 is 1. The summed E-state index contributed by atoms with van der Waals surface area (Å²) in [5.74, 6) is 0.760. The van der Waals surface area contributed by atoms with Crippen LogP contribution in [-0.2, 0) is 4.79 Å². The van der Waals surface area contributed by atoms with Gasteiger partial charge in [0.1, 0.15) is 5.75 Å². The molecule has 0 radical (unpaired) electrons. The van der Waals surface area contributed by atoms with E-state index in [4.69, 9.17) is 4.74 Å². The van der Waals surface area contributed by atoms with Gasteiger partial charge < -0.3 is 15.4 Å². The molecule has 19 heavy (non-hydrogen) atoms. The lowest BCUT2D eigenvalue weighted by Gasteiger charge is -2.12. The molecule has 0 aliphatic carbocycles. The molecule has 2 N–H and O–H groups in total. The van der Waals surface area contributed by atoms with Gasteiger partial charge in [-0.3, -0.25) is 4.79 Å². The minimum absolute atomic E-state index is 0.0533. The molecule has 1 amide bonds. The van der Waals surface area contributed by atoms with Crippen LogP contribution >= 0.6 is 0 Å². The van der Waals surface area contributed by atoms with Gasteiger partial charge in [-0.25, -0.2) is 0 Å². The largest absolute Gasteiger partial charge is 0.495 e. The standard InChI is InChI=1S/C15H22N2O2/c1-11-5-7-14(19-2)13(10-11)17-15(18)8-6-12-4-3-9-16-12/h5,7,10,12,16H,3-4,6,8-9H2,1-2H3,(H,17,18). The second-order valence-electron chi connectivity index (χ2n) is 5.08. The van der Waals surface area contributed by atoms with Gasteiger partial charge in [-0.2, -0.15) is 0 Å². The second kappa shape index (κ2) is 6.57. The van der Waals surface area contributed by atoms with Gasteiger partial charge in [-0.15, -0.1) is 0 Å². The number of carbonyl (C=O) groups is 1. The summed E-state index contributed by atoms with van der Waals surface area (Å²) >= 11 is 0. The molecule has 104 valence electrons. The van der Waals surface area contributed by atoms with Gasteiger partial charge >= 0.3 is 0 Å². The average molecular weight is 262 g/mol. The Bertz CT molecular complexity index is 440. The predicted molar refractivity (Wildman–Crippen MR) is 76.6 cm³/mol. The molecule has 2 rings (SSSR count). The molecule has 1 aliphatic rings. The zero-order valence-corrected chi connectivity index (χ0v) is 11.7. The monoisotopic (exact) mass is 262 g/mol. The molecule has 1 fully saturated rings. The van der Waals surface area contributed by atoms with Gasteiger partial charge in [-0.1, -0.05) is 6.07 Å². The molecule has 1 aromatic rings. The van der Waals surface area contributed by atoms with Crippen molar-refractivity contribution < 1.29 is 9.53 Å². The van der Waals surface area contributed by atoms with Gasteiger partial charge in [0, 0.05) is 12.5 Å². The Labute approximate surface area is 114 Å². The van der Waals surface area contributed by atoms with E-state index in [0.29, 0.717) is 18.2 Å². The number of carbonyl (C=O) groups excluding carboxylic acids is 1. The van der Waals surface area contributed by atoms with E-state index in [9.17, 15) is 4.79 Å². The fourth-order valence-electron chi connectivity index (χ4n) is 2.44. The fourth-order valence-corrected chi connectivity index (χ4v) is 2.44. The van der Waals surface area contributed by atoms with Gasteiger partial charge in [-0.05, 0) is 50.4 Å². The highest BCUT2D eigenvalue weighted by Crippen LogP contribution is 2.25. The van der Waals surface area contributed by atoms with Crippen molar-refractivity contribution in [1.82, 2.24) is 5.32 Å². The number of anilines is 1. The summed E-state index contributed by atoms with van der Waals surface area (Å²) in [5, 5.41) is 6.34. The van der Waals surface area contributed by atoms with Crippen LogP contribution in [0.15, 0.2) is 18.2 Å². The van der Waals surface area contributed by atoms with Gasteiger partial charge in [0.05, 0.1) is 12.8 Å². The Hall–Kier alpha value is -1.55. The number of benzene rings is 1. The van der Waals surface area contributed by atoms with Gasteiger partial charge in [0.25, 0.3) is 0 Å². The molecule has 1 saturated heterocycles. The minimum Gasteiger partial charge on any atom is -0.495 e. The maximum Gasteiger partial charge on any atom is 0.224 e. The van der Waals surface area contributed by atoms with Crippen LogP contribution in [0.5, 0.6) is 5.75 Å². The quantitative estimate of drug-likeness (QED) is 0.857. The summed E-state index contributed by atoms with van der Waals surface area (Å²) in [4.78, 5) is 12.0. The van der Waals surface area contributed by atoms with E-state index < -0.39 is 0 Å². The van der Waals surface area contributed by atoms with Crippen LogP contribution in [0.2, 0.25) is 0 Å². The second-order valence-corrected chi connectivity index (χ2v) is 5.08. The first kappa shape index (κ1) is 13.9. The molecule has 0 spiro atoms. The molecular formula is C15H22N2O2. The first-order chi connectivity index (χ1) is 9.19. The first-order valence-corrected chi connectivity index (χ1v) is 6.87. The van der Waals surface area contributed by atoms with Crippen molar-refractivity contribution in [3.8, 4) is 5.75 Å². The van der Waals surface area contributed by atoms with Crippen molar-refractivity contribution in [2.75, 3.05) is 19.0 Å². The smallest absolute Gasteiger partial charge is 0.224 e. The number of rotatable bonds is 5. The lowest BCUT2D eigenvalue weighted by molar-refractivity contribution is -0.116. The Kier molecular flexibility index (Phi) is 4.80. The van der Waals surface area contributed by atoms with Crippen LogP contribution in [-0.4, -0.2) is 25.6 Å². The van der Waals surface area contributed by atoms with Crippen molar-refractivity contribution in [2.24, 2.45) is 0 Å². The van der Waals surface area contributed by atoms with Crippen LogP contribution in [0.1, 0.15) is 31.2 Å². The van der Waals surface area contributed by atoms with Crippen molar-refractivity contribution in [1.29, 1.82) is 0 Å². The number of hydrogen-bond acceptors (Lipinski definition) is 3. The molecule has 0 bridgehead atoms. The maximum atomic E-state index is 12.0.